The number of rotatable bonds is 6. The Balaban J connectivity index is 2.27. The first-order valence-electron chi connectivity index (χ1n) is 6.50. The molecule has 0 spiro atoms. The van der Waals surface area contributed by atoms with Gasteiger partial charge >= 0.3 is 0 Å². The van der Waals surface area contributed by atoms with E-state index in [2.05, 4.69) is 43.5 Å². The SMILES string of the molecule is CCCNc1ncnc(Nc2cc(OC)ccc2F)c1Br. The summed E-state index contributed by atoms with van der Waals surface area (Å²) >= 11 is 3.43. The highest BCUT2D eigenvalue weighted by atomic mass is 79.9. The van der Waals surface area contributed by atoms with E-state index >= 15 is 0 Å². The third kappa shape index (κ3) is 3.81. The highest BCUT2D eigenvalue weighted by Crippen LogP contribution is 2.31. The van der Waals surface area contributed by atoms with Crippen LogP contribution in [0.1, 0.15) is 13.3 Å². The minimum Gasteiger partial charge on any atom is -0.497 e. The van der Waals surface area contributed by atoms with Crippen LogP contribution in [0.4, 0.5) is 21.7 Å². The molecule has 0 unspecified atom stereocenters. The van der Waals surface area contributed by atoms with Gasteiger partial charge in [0.2, 0.25) is 0 Å². The summed E-state index contributed by atoms with van der Waals surface area (Å²) in [6.45, 7) is 2.86. The number of nitrogens with zero attached hydrogens (tertiary/aromatic N) is 2. The molecule has 7 heteroatoms. The Bertz CT molecular complexity index is 624. The summed E-state index contributed by atoms with van der Waals surface area (Å²) in [7, 11) is 1.53. The van der Waals surface area contributed by atoms with Crippen LogP contribution in [0, 0.1) is 5.82 Å². The summed E-state index contributed by atoms with van der Waals surface area (Å²) in [5.41, 5.74) is 0.287. The lowest BCUT2D eigenvalue weighted by Crippen LogP contribution is -2.05. The van der Waals surface area contributed by atoms with E-state index in [1.165, 1.54) is 19.5 Å². The van der Waals surface area contributed by atoms with Crippen LogP contribution in [0.15, 0.2) is 29.0 Å². The van der Waals surface area contributed by atoms with E-state index < -0.39 is 0 Å². The Hall–Kier alpha value is -1.89. The molecule has 112 valence electrons. The maximum atomic E-state index is 13.8. The average molecular weight is 355 g/mol. The molecule has 0 bridgehead atoms. The zero-order chi connectivity index (χ0) is 15.2. The van der Waals surface area contributed by atoms with E-state index in [9.17, 15) is 4.39 Å². The van der Waals surface area contributed by atoms with Gasteiger partial charge in [-0.3, -0.25) is 0 Å². The van der Waals surface area contributed by atoms with Crippen molar-refractivity contribution in [2.24, 2.45) is 0 Å². The molecule has 2 rings (SSSR count). The van der Waals surface area contributed by atoms with E-state index in [1.54, 1.807) is 12.1 Å². The van der Waals surface area contributed by atoms with Crippen molar-refractivity contribution < 1.29 is 9.13 Å². The number of hydrogen-bond donors (Lipinski definition) is 2. The van der Waals surface area contributed by atoms with Crippen molar-refractivity contribution in [3.63, 3.8) is 0 Å². The van der Waals surface area contributed by atoms with Crippen LogP contribution in [-0.4, -0.2) is 23.6 Å². The van der Waals surface area contributed by atoms with Crippen molar-refractivity contribution in [3.05, 3.63) is 34.8 Å². The largest absolute Gasteiger partial charge is 0.497 e. The molecule has 0 aliphatic rings. The zero-order valence-electron chi connectivity index (χ0n) is 11.8. The molecule has 5 nitrogen and oxygen atoms in total. The van der Waals surface area contributed by atoms with Gasteiger partial charge < -0.3 is 15.4 Å². The monoisotopic (exact) mass is 354 g/mol. The van der Waals surface area contributed by atoms with Crippen LogP contribution in [-0.2, 0) is 0 Å². The van der Waals surface area contributed by atoms with Gasteiger partial charge in [-0.25, -0.2) is 14.4 Å². The molecule has 0 atom stereocenters. The molecule has 0 radical (unpaired) electrons. The molecule has 21 heavy (non-hydrogen) atoms. The van der Waals surface area contributed by atoms with Crippen LogP contribution in [0.2, 0.25) is 0 Å². The van der Waals surface area contributed by atoms with Gasteiger partial charge in [0.15, 0.2) is 0 Å². The van der Waals surface area contributed by atoms with Gasteiger partial charge in [-0.1, -0.05) is 6.92 Å². The molecule has 1 aromatic carbocycles. The average Bonchev–Trinajstić information content (AvgIpc) is 2.50. The van der Waals surface area contributed by atoms with Crippen LogP contribution in [0.5, 0.6) is 5.75 Å². The molecular weight excluding hydrogens is 339 g/mol. The van der Waals surface area contributed by atoms with Gasteiger partial charge in [0.25, 0.3) is 0 Å². The molecule has 0 amide bonds. The predicted octanol–water partition coefficient (Wildman–Crippen LogP) is 3.95. The summed E-state index contributed by atoms with van der Waals surface area (Å²) in [5, 5.41) is 6.11. The van der Waals surface area contributed by atoms with E-state index in [1.807, 2.05) is 0 Å². The van der Waals surface area contributed by atoms with Gasteiger partial charge in [0.05, 0.1) is 12.8 Å². The second-order valence-electron chi connectivity index (χ2n) is 4.28. The topological polar surface area (TPSA) is 59.1 Å². The highest BCUT2D eigenvalue weighted by molar-refractivity contribution is 9.10. The van der Waals surface area contributed by atoms with E-state index in [4.69, 9.17) is 4.74 Å². The molecule has 1 aromatic heterocycles. The number of anilines is 3. The maximum absolute atomic E-state index is 13.8. The fourth-order valence-corrected chi connectivity index (χ4v) is 2.12. The van der Waals surface area contributed by atoms with Gasteiger partial charge in [-0.2, -0.15) is 0 Å². The number of ether oxygens (including phenoxy) is 1. The summed E-state index contributed by atoms with van der Waals surface area (Å²) in [5.74, 6) is 1.33. The van der Waals surface area contributed by atoms with Crippen molar-refractivity contribution >= 4 is 33.3 Å². The summed E-state index contributed by atoms with van der Waals surface area (Å²) in [6.07, 6.45) is 2.40. The fourth-order valence-electron chi connectivity index (χ4n) is 1.68. The standard InChI is InChI=1S/C14H16BrFN4O/c1-3-6-17-13-12(15)14(19-8-18-13)20-11-7-9(21-2)4-5-10(11)16/h4-5,7-8H,3,6H2,1-2H3,(H2,17,18,19,20). The summed E-state index contributed by atoms with van der Waals surface area (Å²) in [4.78, 5) is 8.27. The van der Waals surface area contributed by atoms with Crippen molar-refractivity contribution in [2.45, 2.75) is 13.3 Å². The second-order valence-corrected chi connectivity index (χ2v) is 5.08. The molecule has 0 saturated heterocycles. The molecule has 0 fully saturated rings. The van der Waals surface area contributed by atoms with Crippen LogP contribution in [0.3, 0.4) is 0 Å². The minimum atomic E-state index is -0.385. The lowest BCUT2D eigenvalue weighted by atomic mass is 10.3. The second kappa shape index (κ2) is 7.21. The molecule has 0 saturated carbocycles. The lowest BCUT2D eigenvalue weighted by Gasteiger charge is -2.12. The van der Waals surface area contributed by atoms with Gasteiger partial charge in [-0.15, -0.1) is 0 Å². The normalized spacial score (nSPS) is 10.3. The Morgan fingerprint density at radius 2 is 2.05 bits per heavy atom. The molecular formula is C14H16BrFN4O. The fraction of sp³-hybridized carbons (Fsp3) is 0.286. The van der Waals surface area contributed by atoms with Crippen LogP contribution >= 0.6 is 15.9 Å². The number of hydrogen-bond acceptors (Lipinski definition) is 5. The van der Waals surface area contributed by atoms with Crippen molar-refractivity contribution in [3.8, 4) is 5.75 Å². The summed E-state index contributed by atoms with van der Waals surface area (Å²) in [6, 6.07) is 4.47. The maximum Gasteiger partial charge on any atom is 0.150 e. The number of benzene rings is 1. The van der Waals surface area contributed by atoms with E-state index in [0.29, 0.717) is 21.9 Å². The lowest BCUT2D eigenvalue weighted by molar-refractivity contribution is 0.414. The van der Waals surface area contributed by atoms with Gasteiger partial charge in [-0.05, 0) is 34.5 Å². The molecule has 1 heterocycles. The number of nitrogens with one attached hydrogen (secondary N) is 2. The number of methoxy groups -OCH3 is 1. The molecule has 2 N–H and O–H groups in total. The minimum absolute atomic E-state index is 0.287. The molecule has 2 aromatic rings. The number of halogens is 2. The van der Waals surface area contributed by atoms with Crippen LogP contribution < -0.4 is 15.4 Å². The van der Waals surface area contributed by atoms with Crippen LogP contribution in [0.25, 0.3) is 0 Å². The Kier molecular flexibility index (Phi) is 5.32. The third-order valence-electron chi connectivity index (χ3n) is 2.76. The first-order valence-corrected chi connectivity index (χ1v) is 7.30. The van der Waals surface area contributed by atoms with Gasteiger partial charge in [0, 0.05) is 12.6 Å². The Morgan fingerprint density at radius 1 is 1.29 bits per heavy atom. The quantitative estimate of drug-likeness (QED) is 0.822. The Labute approximate surface area is 131 Å². The first-order chi connectivity index (χ1) is 10.2. The third-order valence-corrected chi connectivity index (χ3v) is 3.51. The Morgan fingerprint density at radius 3 is 2.76 bits per heavy atom. The summed E-state index contributed by atoms with van der Waals surface area (Å²) < 4.78 is 19.6. The van der Waals surface area contributed by atoms with E-state index in [-0.39, 0.29) is 11.5 Å². The smallest absolute Gasteiger partial charge is 0.150 e. The van der Waals surface area contributed by atoms with Gasteiger partial charge in [0.1, 0.15) is 34.0 Å². The van der Waals surface area contributed by atoms with Crippen molar-refractivity contribution in [1.82, 2.24) is 9.97 Å². The first kappa shape index (κ1) is 15.5. The zero-order valence-corrected chi connectivity index (χ0v) is 13.4. The van der Waals surface area contributed by atoms with E-state index in [0.717, 1.165) is 13.0 Å². The molecule has 0 aliphatic heterocycles. The van der Waals surface area contributed by atoms with Crippen molar-refractivity contribution in [2.75, 3.05) is 24.3 Å². The number of aromatic nitrogens is 2. The molecule has 0 aliphatic carbocycles. The predicted molar refractivity (Wildman–Crippen MR) is 84.7 cm³/mol. The highest BCUT2D eigenvalue weighted by Gasteiger charge is 2.11. The van der Waals surface area contributed by atoms with Crippen molar-refractivity contribution in [1.29, 1.82) is 0 Å².